The van der Waals surface area contributed by atoms with Crippen LogP contribution >= 0.6 is 23.2 Å². The van der Waals surface area contributed by atoms with Crippen LogP contribution in [0, 0.1) is 0 Å². The fourth-order valence-electron chi connectivity index (χ4n) is 3.35. The van der Waals surface area contributed by atoms with Crippen molar-refractivity contribution in [2.45, 2.75) is 13.0 Å². The first-order valence-corrected chi connectivity index (χ1v) is 9.76. The molecule has 1 aromatic heterocycles. The Morgan fingerprint density at radius 3 is 2.62 bits per heavy atom. The zero-order valence-electron chi connectivity index (χ0n) is 15.3. The van der Waals surface area contributed by atoms with E-state index in [9.17, 15) is 9.90 Å². The van der Waals surface area contributed by atoms with E-state index in [0.29, 0.717) is 28.1 Å². The smallest absolute Gasteiger partial charge is 0.307 e. The maximum atomic E-state index is 11.2. The monoisotopic (exact) mass is 425 g/mol. The Kier molecular flexibility index (Phi) is 5.47. The molecule has 1 N–H and O–H groups in total. The van der Waals surface area contributed by atoms with Crippen LogP contribution in [0.5, 0.6) is 11.5 Å². The van der Waals surface area contributed by atoms with Gasteiger partial charge in [0.25, 0.3) is 0 Å². The van der Waals surface area contributed by atoms with Crippen LogP contribution < -0.4 is 4.74 Å². The third-order valence-corrected chi connectivity index (χ3v) is 5.41. The predicted molar refractivity (Wildman–Crippen MR) is 115 cm³/mol. The highest BCUT2D eigenvalue weighted by atomic mass is 35.5. The number of aromatic nitrogens is 1. The number of carboxylic acid groups (broad SMARTS) is 1. The molecule has 4 rings (SSSR count). The van der Waals surface area contributed by atoms with Crippen LogP contribution in [-0.4, -0.2) is 15.6 Å². The summed E-state index contributed by atoms with van der Waals surface area (Å²) in [5.41, 5.74) is 2.81. The van der Waals surface area contributed by atoms with E-state index in [0.717, 1.165) is 22.0 Å². The fourth-order valence-corrected chi connectivity index (χ4v) is 3.68. The molecule has 0 spiro atoms. The molecule has 1 heterocycles. The van der Waals surface area contributed by atoms with Crippen molar-refractivity contribution in [3.63, 3.8) is 0 Å². The molecule has 0 aliphatic rings. The molecular weight excluding hydrogens is 409 g/mol. The number of aliphatic carboxylic acids is 1. The van der Waals surface area contributed by atoms with Gasteiger partial charge in [0.15, 0.2) is 0 Å². The number of fused-ring (bicyclic) bond motifs is 1. The molecule has 3 aromatic carbocycles. The molecule has 0 aliphatic heterocycles. The standard InChI is InChI=1S/C23H17Cl2NO3/c24-19-8-4-10-21(23(19)25)29-17-6-3-5-15(11-17)13-26-14-16(12-22(27)28)18-7-1-2-9-20(18)26/h1-11,14H,12-13H2,(H,27,28). The van der Waals surface area contributed by atoms with E-state index in [1.54, 1.807) is 18.2 Å². The Bertz CT molecular complexity index is 1200. The van der Waals surface area contributed by atoms with E-state index in [1.165, 1.54) is 0 Å². The minimum absolute atomic E-state index is 0.00999. The summed E-state index contributed by atoms with van der Waals surface area (Å²) in [7, 11) is 0. The average molecular weight is 426 g/mol. The molecule has 0 radical (unpaired) electrons. The van der Waals surface area contributed by atoms with Gasteiger partial charge in [0.05, 0.1) is 11.4 Å². The number of halogens is 2. The van der Waals surface area contributed by atoms with Gasteiger partial charge in [-0.2, -0.15) is 0 Å². The molecule has 0 saturated heterocycles. The second kappa shape index (κ2) is 8.19. The highest BCUT2D eigenvalue weighted by molar-refractivity contribution is 6.42. The van der Waals surface area contributed by atoms with Crippen molar-refractivity contribution in [3.8, 4) is 11.5 Å². The lowest BCUT2D eigenvalue weighted by molar-refractivity contribution is -0.136. The van der Waals surface area contributed by atoms with E-state index in [-0.39, 0.29) is 6.42 Å². The van der Waals surface area contributed by atoms with Gasteiger partial charge in [-0.05, 0) is 41.5 Å². The van der Waals surface area contributed by atoms with Gasteiger partial charge in [-0.15, -0.1) is 0 Å². The van der Waals surface area contributed by atoms with E-state index in [4.69, 9.17) is 27.9 Å². The number of benzene rings is 3. The van der Waals surface area contributed by atoms with Gasteiger partial charge >= 0.3 is 5.97 Å². The Morgan fingerprint density at radius 1 is 1.00 bits per heavy atom. The van der Waals surface area contributed by atoms with Crippen molar-refractivity contribution < 1.29 is 14.6 Å². The van der Waals surface area contributed by atoms with E-state index in [1.807, 2.05) is 54.7 Å². The van der Waals surface area contributed by atoms with Crippen LogP contribution in [0.4, 0.5) is 0 Å². The summed E-state index contributed by atoms with van der Waals surface area (Å²) in [5, 5.41) is 11.0. The number of ether oxygens (including phenoxy) is 1. The topological polar surface area (TPSA) is 51.5 Å². The Morgan fingerprint density at radius 2 is 1.79 bits per heavy atom. The highest BCUT2D eigenvalue weighted by Gasteiger charge is 2.12. The molecule has 0 fully saturated rings. The molecule has 29 heavy (non-hydrogen) atoms. The number of nitrogens with zero attached hydrogens (tertiary/aromatic N) is 1. The van der Waals surface area contributed by atoms with Crippen LogP contribution in [0.2, 0.25) is 10.0 Å². The van der Waals surface area contributed by atoms with Crippen molar-refractivity contribution in [1.82, 2.24) is 4.57 Å². The SMILES string of the molecule is O=C(O)Cc1cn(Cc2cccc(Oc3cccc(Cl)c3Cl)c2)c2ccccc12. The highest BCUT2D eigenvalue weighted by Crippen LogP contribution is 2.35. The lowest BCUT2D eigenvalue weighted by atomic mass is 10.1. The molecule has 0 unspecified atom stereocenters. The van der Waals surface area contributed by atoms with Crippen molar-refractivity contribution >= 4 is 40.1 Å². The molecular formula is C23H17Cl2NO3. The zero-order chi connectivity index (χ0) is 20.4. The van der Waals surface area contributed by atoms with Crippen molar-refractivity contribution in [1.29, 1.82) is 0 Å². The van der Waals surface area contributed by atoms with Gasteiger partial charge in [-0.25, -0.2) is 0 Å². The molecule has 0 aliphatic carbocycles. The minimum atomic E-state index is -0.846. The van der Waals surface area contributed by atoms with Crippen LogP contribution in [-0.2, 0) is 17.8 Å². The predicted octanol–water partition coefficient (Wildman–Crippen LogP) is 6.42. The molecule has 146 valence electrons. The summed E-state index contributed by atoms with van der Waals surface area (Å²) in [6.45, 7) is 0.584. The first-order chi connectivity index (χ1) is 14.0. The molecule has 0 bridgehead atoms. The quantitative estimate of drug-likeness (QED) is 0.387. The average Bonchev–Trinajstić information content (AvgIpc) is 3.03. The Labute approximate surface area is 177 Å². The van der Waals surface area contributed by atoms with Gasteiger partial charge < -0.3 is 14.4 Å². The van der Waals surface area contributed by atoms with Crippen molar-refractivity contribution in [2.75, 3.05) is 0 Å². The molecule has 4 nitrogen and oxygen atoms in total. The number of rotatable bonds is 6. The third kappa shape index (κ3) is 4.24. The molecule has 0 saturated carbocycles. The summed E-state index contributed by atoms with van der Waals surface area (Å²) in [6.07, 6.45) is 1.89. The zero-order valence-corrected chi connectivity index (χ0v) is 16.8. The van der Waals surface area contributed by atoms with Gasteiger partial charge in [0, 0.05) is 23.6 Å². The maximum absolute atomic E-state index is 11.2. The van der Waals surface area contributed by atoms with E-state index in [2.05, 4.69) is 4.57 Å². The summed E-state index contributed by atoms with van der Waals surface area (Å²) >= 11 is 12.3. The summed E-state index contributed by atoms with van der Waals surface area (Å²) in [5.74, 6) is 0.294. The minimum Gasteiger partial charge on any atom is -0.481 e. The van der Waals surface area contributed by atoms with Crippen molar-refractivity contribution in [3.05, 3.63) is 94.1 Å². The summed E-state index contributed by atoms with van der Waals surface area (Å²) < 4.78 is 7.96. The number of carbonyl (C=O) groups is 1. The van der Waals surface area contributed by atoms with E-state index < -0.39 is 5.97 Å². The fraction of sp³-hybridized carbons (Fsp3) is 0.0870. The Hall–Kier alpha value is -2.95. The van der Waals surface area contributed by atoms with Gasteiger partial charge in [-0.3, -0.25) is 4.79 Å². The molecule has 0 atom stereocenters. The largest absolute Gasteiger partial charge is 0.481 e. The van der Waals surface area contributed by atoms with Gasteiger partial charge in [-0.1, -0.05) is 59.6 Å². The normalized spacial score (nSPS) is 11.0. The van der Waals surface area contributed by atoms with Crippen LogP contribution in [0.3, 0.4) is 0 Å². The van der Waals surface area contributed by atoms with Crippen molar-refractivity contribution in [2.24, 2.45) is 0 Å². The van der Waals surface area contributed by atoms with Crippen LogP contribution in [0.1, 0.15) is 11.1 Å². The summed E-state index contributed by atoms with van der Waals surface area (Å²) in [6, 6.07) is 20.8. The maximum Gasteiger partial charge on any atom is 0.307 e. The van der Waals surface area contributed by atoms with Gasteiger partial charge in [0.2, 0.25) is 0 Å². The molecule has 4 aromatic rings. The van der Waals surface area contributed by atoms with Crippen LogP contribution in [0.25, 0.3) is 10.9 Å². The number of para-hydroxylation sites is 1. The molecule has 0 amide bonds. The lowest BCUT2D eigenvalue weighted by Gasteiger charge is -2.11. The second-order valence-corrected chi connectivity index (χ2v) is 7.46. The van der Waals surface area contributed by atoms with E-state index >= 15 is 0 Å². The first-order valence-electron chi connectivity index (χ1n) is 9.00. The second-order valence-electron chi connectivity index (χ2n) is 6.67. The molecule has 6 heteroatoms. The number of hydrogen-bond donors (Lipinski definition) is 1. The van der Waals surface area contributed by atoms with Crippen LogP contribution in [0.15, 0.2) is 72.9 Å². The number of hydrogen-bond acceptors (Lipinski definition) is 2. The first kappa shape index (κ1) is 19.4. The summed E-state index contributed by atoms with van der Waals surface area (Å²) in [4.78, 5) is 11.2. The van der Waals surface area contributed by atoms with Gasteiger partial charge in [0.1, 0.15) is 16.5 Å². The third-order valence-electron chi connectivity index (χ3n) is 4.61. The Balaban J connectivity index is 1.63. The number of carboxylic acids is 1. The lowest BCUT2D eigenvalue weighted by Crippen LogP contribution is -2.00.